The average Bonchev–Trinajstić information content (AvgIpc) is 3.03. The van der Waals surface area contributed by atoms with Crippen LogP contribution in [0.2, 0.25) is 0 Å². The highest BCUT2D eigenvalue weighted by molar-refractivity contribution is 7.99. The van der Waals surface area contributed by atoms with Crippen molar-refractivity contribution >= 4 is 29.6 Å². The van der Waals surface area contributed by atoms with Crippen LogP contribution in [-0.4, -0.2) is 86.1 Å². The van der Waals surface area contributed by atoms with Crippen LogP contribution in [-0.2, 0) is 23.9 Å². The third-order valence-corrected chi connectivity index (χ3v) is 8.72. The van der Waals surface area contributed by atoms with Crippen LogP contribution in [0.5, 0.6) is 0 Å². The van der Waals surface area contributed by atoms with Gasteiger partial charge in [0.25, 0.3) is 0 Å². The molecule has 0 rings (SSSR count). The molecule has 46 heavy (non-hydrogen) atoms. The summed E-state index contributed by atoms with van der Waals surface area (Å²) in [5.41, 5.74) is 0. The molecule has 0 aliphatic heterocycles. The van der Waals surface area contributed by atoms with Gasteiger partial charge in [-0.1, -0.05) is 102 Å². The van der Waals surface area contributed by atoms with Crippen molar-refractivity contribution in [3.63, 3.8) is 0 Å². The number of unbranched alkanes of at least 4 members (excludes halogenated alkanes) is 14. The molecule has 268 valence electrons. The van der Waals surface area contributed by atoms with E-state index < -0.39 is 0 Å². The van der Waals surface area contributed by atoms with Gasteiger partial charge in [-0.3, -0.25) is 14.4 Å². The van der Waals surface area contributed by atoms with Crippen molar-refractivity contribution in [3.05, 3.63) is 24.3 Å². The van der Waals surface area contributed by atoms with Crippen LogP contribution < -0.4 is 0 Å². The molecule has 0 N–H and O–H groups in total. The first kappa shape index (κ1) is 44.2. The van der Waals surface area contributed by atoms with Crippen molar-refractivity contribution in [2.24, 2.45) is 0 Å². The molecule has 0 unspecified atom stereocenters. The lowest BCUT2D eigenvalue weighted by Gasteiger charge is -2.22. The summed E-state index contributed by atoms with van der Waals surface area (Å²) in [5.74, 6) is 0.792. The molecule has 7 nitrogen and oxygen atoms in total. The molecule has 0 atom stereocenters. The largest absolute Gasteiger partial charge is 0.464 e. The van der Waals surface area contributed by atoms with Crippen molar-refractivity contribution < 1.29 is 23.9 Å². The Bertz CT molecular complexity index is 737. The summed E-state index contributed by atoms with van der Waals surface area (Å²) < 4.78 is 10.9. The van der Waals surface area contributed by atoms with Crippen LogP contribution in [0.15, 0.2) is 24.3 Å². The molecule has 8 heteroatoms. The second-order valence-electron chi connectivity index (χ2n) is 12.5. The minimum atomic E-state index is -0.207. The Morgan fingerprint density at radius 3 is 1.41 bits per heavy atom. The summed E-state index contributed by atoms with van der Waals surface area (Å²) in [6.45, 7) is 6.30. The van der Waals surface area contributed by atoms with Gasteiger partial charge in [0.05, 0.1) is 18.8 Å². The molecule has 0 saturated carbocycles. The Morgan fingerprint density at radius 1 is 0.565 bits per heavy atom. The van der Waals surface area contributed by atoms with E-state index in [1.807, 2.05) is 14.1 Å². The molecule has 0 aliphatic carbocycles. The average molecular weight is 667 g/mol. The third kappa shape index (κ3) is 32.2. The normalized spacial score (nSPS) is 11.6. The van der Waals surface area contributed by atoms with Crippen molar-refractivity contribution in [3.8, 4) is 0 Å². The number of allylic oxidation sites excluding steroid dienone is 4. The fourth-order valence-corrected chi connectivity index (χ4v) is 5.78. The zero-order valence-electron chi connectivity index (χ0n) is 30.2. The zero-order chi connectivity index (χ0) is 33.9. The monoisotopic (exact) mass is 667 g/mol. The van der Waals surface area contributed by atoms with Crippen molar-refractivity contribution in [2.45, 2.75) is 142 Å². The Balaban J connectivity index is 4.21. The Hall–Kier alpha value is -1.80. The first-order valence-corrected chi connectivity index (χ1v) is 19.7. The van der Waals surface area contributed by atoms with Crippen molar-refractivity contribution in [1.82, 2.24) is 9.80 Å². The molecular weight excluding hydrogens is 596 g/mol. The minimum Gasteiger partial charge on any atom is -0.464 e. The highest BCUT2D eigenvalue weighted by atomic mass is 32.2. The number of hydrogen-bond donors (Lipinski definition) is 0. The number of carbonyl (C=O) groups is 3. The van der Waals surface area contributed by atoms with E-state index in [1.165, 1.54) is 64.2 Å². The van der Waals surface area contributed by atoms with Gasteiger partial charge in [0.2, 0.25) is 5.91 Å². The number of amides is 1. The number of nitrogens with zero attached hydrogens (tertiary/aromatic N) is 2. The molecule has 0 fully saturated rings. The number of carbonyl (C=O) groups excluding carboxylic acids is 3. The van der Waals surface area contributed by atoms with E-state index in [0.717, 1.165) is 63.7 Å². The lowest BCUT2D eigenvalue weighted by molar-refractivity contribution is -0.147. The number of ether oxygens (including phenoxy) is 2. The quantitative estimate of drug-likeness (QED) is 0.0393. The number of hydrogen-bond acceptors (Lipinski definition) is 7. The Kier molecular flexibility index (Phi) is 33.2. The molecule has 0 bridgehead atoms. The van der Waals surface area contributed by atoms with Gasteiger partial charge in [-0.2, -0.15) is 11.8 Å². The SMILES string of the molecule is CCCC/C=C/CCCCCCCC(=O)OCCN(CCOC(=O)CCCCCCC/C=C/CCCC)C(=O)CSCCN(C)C. The maximum atomic E-state index is 12.9. The van der Waals surface area contributed by atoms with Crippen LogP contribution in [0, 0.1) is 0 Å². The predicted octanol–water partition coefficient (Wildman–Crippen LogP) is 9.15. The summed E-state index contributed by atoms with van der Waals surface area (Å²) in [6.07, 6.45) is 30.5. The van der Waals surface area contributed by atoms with Crippen LogP contribution in [0.1, 0.15) is 142 Å². The van der Waals surface area contributed by atoms with E-state index in [2.05, 4.69) is 43.1 Å². The zero-order valence-corrected chi connectivity index (χ0v) is 31.1. The first-order valence-electron chi connectivity index (χ1n) is 18.5. The van der Waals surface area contributed by atoms with E-state index in [1.54, 1.807) is 16.7 Å². The summed E-state index contributed by atoms with van der Waals surface area (Å²) >= 11 is 1.59. The van der Waals surface area contributed by atoms with Gasteiger partial charge in [-0.25, -0.2) is 0 Å². The van der Waals surface area contributed by atoms with Gasteiger partial charge in [0.15, 0.2) is 0 Å². The molecular formula is C38H70N2O5S. The van der Waals surface area contributed by atoms with Gasteiger partial charge < -0.3 is 19.3 Å². The maximum absolute atomic E-state index is 12.9. The van der Waals surface area contributed by atoms with E-state index in [4.69, 9.17) is 9.47 Å². The van der Waals surface area contributed by atoms with Crippen LogP contribution >= 0.6 is 11.8 Å². The molecule has 0 spiro atoms. The van der Waals surface area contributed by atoms with Crippen molar-refractivity contribution in [1.29, 1.82) is 0 Å². The maximum Gasteiger partial charge on any atom is 0.305 e. The standard InChI is InChI=1S/C38H70N2O5S/c1-5-7-9-11-13-15-17-19-21-23-25-27-37(42)44-32-29-40(36(41)35-46-34-31-39(3)4)30-33-45-38(43)28-26-24-22-20-18-16-14-12-10-8-6-2/h11-14H,5-10,15-35H2,1-4H3/b13-11+,14-12+. The van der Waals surface area contributed by atoms with Crippen LogP contribution in [0.3, 0.4) is 0 Å². The number of esters is 2. The van der Waals surface area contributed by atoms with E-state index in [9.17, 15) is 14.4 Å². The fraction of sp³-hybridized carbons (Fsp3) is 0.816. The molecule has 0 heterocycles. The van der Waals surface area contributed by atoms with E-state index in [-0.39, 0.29) is 31.1 Å². The van der Waals surface area contributed by atoms with Crippen LogP contribution in [0.4, 0.5) is 0 Å². The molecule has 0 aliphatic rings. The predicted molar refractivity (Wildman–Crippen MR) is 196 cm³/mol. The molecule has 1 amide bonds. The summed E-state index contributed by atoms with van der Waals surface area (Å²) in [5, 5.41) is 0. The first-order chi connectivity index (χ1) is 22.4. The Morgan fingerprint density at radius 2 is 0.978 bits per heavy atom. The highest BCUT2D eigenvalue weighted by Gasteiger charge is 2.15. The fourth-order valence-electron chi connectivity index (χ4n) is 4.78. The van der Waals surface area contributed by atoms with Crippen molar-refractivity contribution in [2.75, 3.05) is 58.4 Å². The Labute approximate surface area is 287 Å². The van der Waals surface area contributed by atoms with Crippen LogP contribution in [0.25, 0.3) is 0 Å². The van der Waals surface area contributed by atoms with Gasteiger partial charge in [-0.15, -0.1) is 0 Å². The molecule has 0 radical (unpaired) electrons. The van der Waals surface area contributed by atoms with Gasteiger partial charge in [0, 0.05) is 25.1 Å². The highest BCUT2D eigenvalue weighted by Crippen LogP contribution is 2.11. The summed E-state index contributed by atoms with van der Waals surface area (Å²) in [4.78, 5) is 41.2. The molecule has 0 aromatic heterocycles. The topological polar surface area (TPSA) is 76.1 Å². The molecule has 0 aromatic rings. The number of rotatable bonds is 33. The number of thioether (sulfide) groups is 1. The molecule has 0 aromatic carbocycles. The van der Waals surface area contributed by atoms with Gasteiger partial charge in [0.1, 0.15) is 13.2 Å². The molecule has 0 saturated heterocycles. The third-order valence-electron chi connectivity index (χ3n) is 7.79. The second-order valence-corrected chi connectivity index (χ2v) is 13.6. The lowest BCUT2D eigenvalue weighted by atomic mass is 10.1. The smallest absolute Gasteiger partial charge is 0.305 e. The van der Waals surface area contributed by atoms with Gasteiger partial charge >= 0.3 is 11.9 Å². The minimum absolute atomic E-state index is 0.0173. The second kappa shape index (κ2) is 34.5. The van der Waals surface area contributed by atoms with E-state index >= 15 is 0 Å². The summed E-state index contributed by atoms with van der Waals surface area (Å²) in [7, 11) is 4.03. The summed E-state index contributed by atoms with van der Waals surface area (Å²) in [6, 6.07) is 0. The van der Waals surface area contributed by atoms with Gasteiger partial charge in [-0.05, 0) is 65.5 Å². The van der Waals surface area contributed by atoms with E-state index in [0.29, 0.717) is 31.7 Å². The lowest BCUT2D eigenvalue weighted by Crippen LogP contribution is -2.38.